The molecule has 0 aromatic heterocycles. The van der Waals surface area contributed by atoms with Crippen molar-refractivity contribution in [3.63, 3.8) is 0 Å². The summed E-state index contributed by atoms with van der Waals surface area (Å²) in [6, 6.07) is 0. The zero-order valence-electron chi connectivity index (χ0n) is 4.22. The van der Waals surface area contributed by atoms with Crippen LogP contribution in [0.4, 0.5) is 0 Å². The number of carbonyl (C=O) groups is 1. The quantitative estimate of drug-likeness (QED) is 0.526. The van der Waals surface area contributed by atoms with Gasteiger partial charge < -0.3 is 5.11 Å². The first-order valence-corrected chi connectivity index (χ1v) is 2.10. The lowest BCUT2D eigenvalue weighted by molar-refractivity contribution is -0.136. The van der Waals surface area contributed by atoms with Crippen molar-refractivity contribution in [1.29, 1.82) is 0 Å². The van der Waals surface area contributed by atoms with Crippen LogP contribution in [0.1, 0.15) is 13.3 Å². The standard InChI is InChI=1S/C5H8O2/c1-2-3-4-5(6)7/h2-3H,4H2,1H3,(H,6,7)/b3-2+. The molecule has 0 aromatic rings. The Hall–Kier alpha value is -0.790. The van der Waals surface area contributed by atoms with E-state index in [0.717, 1.165) is 0 Å². The molecule has 0 saturated heterocycles. The Balaban J connectivity index is 3.14. The van der Waals surface area contributed by atoms with Gasteiger partial charge in [0.25, 0.3) is 0 Å². The van der Waals surface area contributed by atoms with Crippen LogP contribution < -0.4 is 0 Å². The van der Waals surface area contributed by atoms with Crippen molar-refractivity contribution in [2.45, 2.75) is 13.3 Å². The highest BCUT2D eigenvalue weighted by molar-refractivity contribution is 5.68. The second-order valence-electron chi connectivity index (χ2n) is 1.17. The summed E-state index contributed by atoms with van der Waals surface area (Å²) in [5.74, 6) is -0.780. The van der Waals surface area contributed by atoms with Crippen molar-refractivity contribution >= 4 is 5.97 Å². The molecule has 0 fully saturated rings. The van der Waals surface area contributed by atoms with Gasteiger partial charge in [-0.15, -0.1) is 0 Å². The van der Waals surface area contributed by atoms with E-state index in [1.807, 2.05) is 0 Å². The lowest BCUT2D eigenvalue weighted by Gasteiger charge is -1.77. The highest BCUT2D eigenvalue weighted by Crippen LogP contribution is 1.79. The van der Waals surface area contributed by atoms with Crippen molar-refractivity contribution in [2.24, 2.45) is 0 Å². The van der Waals surface area contributed by atoms with Crippen molar-refractivity contribution in [2.75, 3.05) is 0 Å². The fraction of sp³-hybridized carbons (Fsp3) is 0.400. The van der Waals surface area contributed by atoms with E-state index in [1.54, 1.807) is 19.1 Å². The molecule has 40 valence electrons. The van der Waals surface area contributed by atoms with Gasteiger partial charge in [-0.2, -0.15) is 0 Å². The molecule has 0 radical (unpaired) electrons. The van der Waals surface area contributed by atoms with Gasteiger partial charge >= 0.3 is 5.97 Å². The number of allylic oxidation sites excluding steroid dienone is 1. The van der Waals surface area contributed by atoms with Crippen LogP contribution >= 0.6 is 0 Å². The fourth-order valence-electron chi connectivity index (χ4n) is 0.219. The maximum absolute atomic E-state index is 9.71. The molecular formula is C5H8O2. The van der Waals surface area contributed by atoms with Crippen LogP contribution in [0.25, 0.3) is 0 Å². The van der Waals surface area contributed by atoms with Crippen LogP contribution in [-0.4, -0.2) is 11.1 Å². The highest BCUT2D eigenvalue weighted by atomic mass is 16.4. The van der Waals surface area contributed by atoms with Crippen molar-refractivity contribution in [3.8, 4) is 0 Å². The first kappa shape index (κ1) is 6.21. The molecule has 7 heavy (non-hydrogen) atoms. The van der Waals surface area contributed by atoms with E-state index in [-0.39, 0.29) is 6.42 Å². The van der Waals surface area contributed by atoms with Gasteiger partial charge in [-0.3, -0.25) is 4.79 Å². The summed E-state index contributed by atoms with van der Waals surface area (Å²) in [6.07, 6.45) is 3.45. The van der Waals surface area contributed by atoms with Crippen molar-refractivity contribution < 1.29 is 9.90 Å². The summed E-state index contributed by atoms with van der Waals surface area (Å²) >= 11 is 0. The van der Waals surface area contributed by atoms with E-state index < -0.39 is 5.97 Å². The lowest BCUT2D eigenvalue weighted by Crippen LogP contribution is -1.88. The molecule has 2 nitrogen and oxygen atoms in total. The lowest BCUT2D eigenvalue weighted by atomic mass is 10.4. The molecule has 0 aromatic carbocycles. The Morgan fingerprint density at radius 2 is 2.43 bits per heavy atom. The molecule has 1 N–H and O–H groups in total. The van der Waals surface area contributed by atoms with E-state index in [2.05, 4.69) is 0 Å². The normalized spacial score (nSPS) is 9.86. The van der Waals surface area contributed by atoms with Gasteiger partial charge in [-0.25, -0.2) is 0 Å². The number of hydrogen-bond acceptors (Lipinski definition) is 1. The second kappa shape index (κ2) is 3.40. The van der Waals surface area contributed by atoms with Crippen LogP contribution in [-0.2, 0) is 4.79 Å². The molecule has 0 saturated carbocycles. The summed E-state index contributed by atoms with van der Waals surface area (Å²) in [7, 11) is 0. The van der Waals surface area contributed by atoms with E-state index in [9.17, 15) is 4.79 Å². The van der Waals surface area contributed by atoms with Gasteiger partial charge in [0, 0.05) is 0 Å². The van der Waals surface area contributed by atoms with Gasteiger partial charge in [0.1, 0.15) is 0 Å². The number of carboxylic acid groups (broad SMARTS) is 1. The molecule has 0 rings (SSSR count). The molecule has 2 heteroatoms. The van der Waals surface area contributed by atoms with Crippen LogP contribution in [0.5, 0.6) is 0 Å². The number of rotatable bonds is 2. The van der Waals surface area contributed by atoms with Crippen molar-refractivity contribution in [1.82, 2.24) is 0 Å². The molecule has 0 unspecified atom stereocenters. The average molecular weight is 100 g/mol. The topological polar surface area (TPSA) is 37.3 Å². The molecule has 0 heterocycles. The minimum absolute atomic E-state index is 0.135. The minimum Gasteiger partial charge on any atom is -0.481 e. The van der Waals surface area contributed by atoms with Crippen LogP contribution in [0.3, 0.4) is 0 Å². The average Bonchev–Trinajstić information content (AvgIpc) is 1.61. The van der Waals surface area contributed by atoms with Crippen LogP contribution in [0.2, 0.25) is 0 Å². The molecular weight excluding hydrogens is 92.1 g/mol. The Morgan fingerprint density at radius 3 is 2.57 bits per heavy atom. The largest absolute Gasteiger partial charge is 0.481 e. The van der Waals surface area contributed by atoms with Gasteiger partial charge in [0.05, 0.1) is 6.42 Å². The van der Waals surface area contributed by atoms with Crippen molar-refractivity contribution in [3.05, 3.63) is 12.2 Å². The number of carboxylic acids is 1. The fourth-order valence-corrected chi connectivity index (χ4v) is 0.219. The molecule has 0 aliphatic rings. The molecule has 0 spiro atoms. The zero-order valence-corrected chi connectivity index (χ0v) is 4.22. The zero-order chi connectivity index (χ0) is 5.70. The Kier molecular flexibility index (Phi) is 3.02. The monoisotopic (exact) mass is 100 g/mol. The smallest absolute Gasteiger partial charge is 0.307 e. The van der Waals surface area contributed by atoms with E-state index in [1.165, 1.54) is 0 Å². The molecule has 0 atom stereocenters. The molecule has 0 aliphatic carbocycles. The number of aliphatic carboxylic acids is 1. The first-order chi connectivity index (χ1) is 3.27. The summed E-state index contributed by atoms with van der Waals surface area (Å²) in [6.45, 7) is 1.79. The SMILES string of the molecule is C/C=C/CC(=O)O. The first-order valence-electron chi connectivity index (χ1n) is 2.10. The van der Waals surface area contributed by atoms with Gasteiger partial charge in [0.15, 0.2) is 0 Å². The van der Waals surface area contributed by atoms with Crippen LogP contribution in [0.15, 0.2) is 12.2 Å². The summed E-state index contributed by atoms with van der Waals surface area (Å²) in [5.41, 5.74) is 0. The van der Waals surface area contributed by atoms with Gasteiger partial charge in [0.2, 0.25) is 0 Å². The Bertz CT molecular complexity index is 84.1. The van der Waals surface area contributed by atoms with E-state index in [4.69, 9.17) is 5.11 Å². The Labute approximate surface area is 42.5 Å². The maximum atomic E-state index is 9.71. The summed E-state index contributed by atoms with van der Waals surface area (Å²) < 4.78 is 0. The Morgan fingerprint density at radius 1 is 1.86 bits per heavy atom. The predicted octanol–water partition coefficient (Wildman–Crippen LogP) is 1.04. The van der Waals surface area contributed by atoms with E-state index in [0.29, 0.717) is 0 Å². The molecule has 0 bridgehead atoms. The predicted molar refractivity (Wildman–Crippen MR) is 27.1 cm³/mol. The summed E-state index contributed by atoms with van der Waals surface area (Å²) in [5, 5.41) is 7.99. The third-order valence-corrected chi connectivity index (χ3v) is 0.528. The van der Waals surface area contributed by atoms with Gasteiger partial charge in [-0.1, -0.05) is 12.2 Å². The van der Waals surface area contributed by atoms with Gasteiger partial charge in [-0.05, 0) is 6.92 Å². The van der Waals surface area contributed by atoms with E-state index >= 15 is 0 Å². The summed E-state index contributed by atoms with van der Waals surface area (Å²) in [4.78, 5) is 9.71. The molecule has 0 aliphatic heterocycles. The number of hydrogen-bond donors (Lipinski definition) is 1. The third-order valence-electron chi connectivity index (χ3n) is 0.528. The maximum Gasteiger partial charge on any atom is 0.307 e. The minimum atomic E-state index is -0.780. The second-order valence-corrected chi connectivity index (χ2v) is 1.17. The van der Waals surface area contributed by atoms with Crippen LogP contribution in [0, 0.1) is 0 Å². The third kappa shape index (κ3) is 5.21. The highest BCUT2D eigenvalue weighted by Gasteiger charge is 1.85. The molecule has 0 amide bonds.